The lowest BCUT2D eigenvalue weighted by molar-refractivity contribution is 0.0488. The summed E-state index contributed by atoms with van der Waals surface area (Å²) in [6, 6.07) is 7.03. The van der Waals surface area contributed by atoms with Gasteiger partial charge in [0.2, 0.25) is 11.7 Å². The van der Waals surface area contributed by atoms with E-state index >= 15 is 0 Å². The molecule has 0 saturated carbocycles. The van der Waals surface area contributed by atoms with E-state index in [4.69, 9.17) is 23.5 Å². The molecule has 33 heavy (non-hydrogen) atoms. The fourth-order valence-electron chi connectivity index (χ4n) is 3.44. The van der Waals surface area contributed by atoms with Crippen LogP contribution in [0.15, 0.2) is 28.8 Å². The van der Waals surface area contributed by atoms with Crippen LogP contribution in [0.4, 0.5) is 0 Å². The fraction of sp³-hybridized carbons (Fsp3) is 0.429. The average Bonchev–Trinajstić information content (AvgIpc) is 3.47. The monoisotopic (exact) mass is 453 g/mol. The number of methoxy groups -OCH3 is 1. The summed E-state index contributed by atoms with van der Waals surface area (Å²) in [5.74, 6) is 2.74. The Hall–Kier alpha value is -3.80. The number of ether oxygens (including phenoxy) is 4. The zero-order valence-corrected chi connectivity index (χ0v) is 18.3. The van der Waals surface area contributed by atoms with Crippen molar-refractivity contribution in [3.8, 4) is 29.0 Å². The smallest absolute Gasteiger partial charge is 0.275 e. The molecule has 0 spiro atoms. The van der Waals surface area contributed by atoms with E-state index < -0.39 is 0 Å². The highest BCUT2D eigenvalue weighted by atomic mass is 16.5. The zero-order valence-electron chi connectivity index (χ0n) is 18.3. The maximum atomic E-state index is 5.87. The molecule has 0 aromatic carbocycles. The summed E-state index contributed by atoms with van der Waals surface area (Å²) in [6.07, 6.45) is 2.01. The Bertz CT molecular complexity index is 1220. The Morgan fingerprint density at radius 2 is 1.94 bits per heavy atom. The molecule has 0 unspecified atom stereocenters. The molecular formula is C21H23N7O5. The fourth-order valence-corrected chi connectivity index (χ4v) is 3.44. The second-order valence-electron chi connectivity index (χ2n) is 7.65. The van der Waals surface area contributed by atoms with Crippen LogP contribution in [0.1, 0.15) is 24.3 Å². The van der Waals surface area contributed by atoms with Crippen molar-refractivity contribution in [2.24, 2.45) is 5.92 Å². The molecule has 1 aliphatic heterocycles. The van der Waals surface area contributed by atoms with E-state index in [1.165, 1.54) is 11.6 Å². The Kier molecular flexibility index (Phi) is 5.98. The highest BCUT2D eigenvalue weighted by Gasteiger charge is 2.18. The number of fused-ring (bicyclic) bond motifs is 1. The Morgan fingerprint density at radius 1 is 1.06 bits per heavy atom. The molecule has 172 valence electrons. The normalized spacial score (nSPS) is 14.5. The number of aryl methyl sites for hydroxylation is 1. The van der Waals surface area contributed by atoms with Crippen LogP contribution in [0, 0.1) is 12.8 Å². The molecule has 4 aromatic rings. The third kappa shape index (κ3) is 4.70. The van der Waals surface area contributed by atoms with Gasteiger partial charge in [0.15, 0.2) is 17.1 Å². The van der Waals surface area contributed by atoms with Gasteiger partial charge < -0.3 is 23.5 Å². The zero-order chi connectivity index (χ0) is 22.6. The van der Waals surface area contributed by atoms with Gasteiger partial charge in [-0.2, -0.15) is 4.52 Å². The van der Waals surface area contributed by atoms with Crippen molar-refractivity contribution in [1.82, 2.24) is 35.2 Å². The minimum atomic E-state index is 0.142. The molecule has 5 heterocycles. The van der Waals surface area contributed by atoms with E-state index in [1.54, 1.807) is 31.2 Å². The number of rotatable bonds is 8. The van der Waals surface area contributed by atoms with E-state index in [1.807, 2.05) is 0 Å². The van der Waals surface area contributed by atoms with Crippen molar-refractivity contribution in [3.63, 3.8) is 0 Å². The van der Waals surface area contributed by atoms with Crippen molar-refractivity contribution in [1.29, 1.82) is 0 Å². The maximum absolute atomic E-state index is 5.87. The quantitative estimate of drug-likeness (QED) is 0.389. The number of aromatic nitrogens is 7. The van der Waals surface area contributed by atoms with Crippen molar-refractivity contribution in [2.75, 3.05) is 26.9 Å². The molecule has 1 fully saturated rings. The van der Waals surface area contributed by atoms with Crippen molar-refractivity contribution < 1.29 is 23.5 Å². The summed E-state index contributed by atoms with van der Waals surface area (Å²) in [6.45, 7) is 4.12. The molecule has 0 aliphatic carbocycles. The molecule has 12 nitrogen and oxygen atoms in total. The molecule has 0 atom stereocenters. The van der Waals surface area contributed by atoms with Gasteiger partial charge in [-0.25, -0.2) is 0 Å². The summed E-state index contributed by atoms with van der Waals surface area (Å²) in [5.41, 5.74) is 1.62. The molecule has 1 saturated heterocycles. The molecule has 0 bridgehead atoms. The summed E-state index contributed by atoms with van der Waals surface area (Å²) in [5, 5.41) is 25.1. The topological polar surface area (TPSA) is 132 Å². The first-order valence-electron chi connectivity index (χ1n) is 10.6. The largest absolute Gasteiger partial charge is 0.491 e. The van der Waals surface area contributed by atoms with Gasteiger partial charge in [-0.15, -0.1) is 25.5 Å². The number of hydrogen-bond acceptors (Lipinski definition) is 11. The highest BCUT2D eigenvalue weighted by molar-refractivity contribution is 5.56. The molecule has 5 rings (SSSR count). The van der Waals surface area contributed by atoms with E-state index in [-0.39, 0.29) is 12.5 Å². The minimum absolute atomic E-state index is 0.142. The number of hydrogen-bond donors (Lipinski definition) is 0. The third-order valence-electron chi connectivity index (χ3n) is 5.26. The van der Waals surface area contributed by atoms with Gasteiger partial charge in [0.1, 0.15) is 18.1 Å². The van der Waals surface area contributed by atoms with E-state index in [0.717, 1.165) is 26.1 Å². The van der Waals surface area contributed by atoms with Crippen molar-refractivity contribution in [3.05, 3.63) is 35.7 Å². The van der Waals surface area contributed by atoms with E-state index in [9.17, 15) is 0 Å². The van der Waals surface area contributed by atoms with Crippen LogP contribution in [-0.2, 0) is 11.3 Å². The second-order valence-corrected chi connectivity index (χ2v) is 7.65. The van der Waals surface area contributed by atoms with E-state index in [2.05, 4.69) is 30.7 Å². The van der Waals surface area contributed by atoms with Crippen LogP contribution < -0.4 is 14.2 Å². The minimum Gasteiger partial charge on any atom is -0.491 e. The van der Waals surface area contributed by atoms with Gasteiger partial charge in [0.05, 0.1) is 13.7 Å². The van der Waals surface area contributed by atoms with Crippen molar-refractivity contribution >= 4 is 5.65 Å². The molecule has 4 aromatic heterocycles. The van der Waals surface area contributed by atoms with Crippen LogP contribution >= 0.6 is 0 Å². The van der Waals surface area contributed by atoms with E-state index in [0.29, 0.717) is 52.8 Å². The van der Waals surface area contributed by atoms with Crippen LogP contribution in [0.5, 0.6) is 17.5 Å². The van der Waals surface area contributed by atoms with Crippen LogP contribution in [0.2, 0.25) is 0 Å². The molecular weight excluding hydrogens is 430 g/mol. The predicted molar refractivity (Wildman–Crippen MR) is 113 cm³/mol. The summed E-state index contributed by atoms with van der Waals surface area (Å²) >= 11 is 0. The van der Waals surface area contributed by atoms with Gasteiger partial charge in [0, 0.05) is 31.4 Å². The predicted octanol–water partition coefficient (Wildman–Crippen LogP) is 2.27. The summed E-state index contributed by atoms with van der Waals surface area (Å²) in [7, 11) is 1.53. The molecule has 0 N–H and O–H groups in total. The van der Waals surface area contributed by atoms with Crippen LogP contribution in [0.25, 0.3) is 17.2 Å². The van der Waals surface area contributed by atoms with Gasteiger partial charge >= 0.3 is 0 Å². The molecule has 1 aliphatic rings. The van der Waals surface area contributed by atoms with Gasteiger partial charge in [-0.3, -0.25) is 0 Å². The first kappa shape index (κ1) is 21.1. The van der Waals surface area contributed by atoms with Gasteiger partial charge in [-0.05, 0) is 31.7 Å². The third-order valence-corrected chi connectivity index (χ3v) is 5.26. The highest BCUT2D eigenvalue weighted by Crippen LogP contribution is 2.28. The lowest BCUT2D eigenvalue weighted by Crippen LogP contribution is -2.21. The second kappa shape index (κ2) is 9.36. The standard InChI is InChI=1S/C21H23N7O5/c1-13-9-16(27-33-13)20-25-23-18-10-17(29-2)21(26-28(18)20)32-12-15-3-4-19(24-22-15)31-11-14-5-7-30-8-6-14/h3-4,9-10,14H,5-8,11-12H2,1-2H3. The number of nitrogens with zero attached hydrogens (tertiary/aromatic N) is 7. The van der Waals surface area contributed by atoms with Crippen LogP contribution in [0.3, 0.4) is 0 Å². The average molecular weight is 453 g/mol. The molecule has 0 radical (unpaired) electrons. The van der Waals surface area contributed by atoms with Gasteiger partial charge in [-0.1, -0.05) is 5.16 Å². The Balaban J connectivity index is 1.27. The SMILES string of the molecule is COc1cc2nnc(-c3cc(C)on3)n2nc1OCc1ccc(OCC2CCOCC2)nn1. The van der Waals surface area contributed by atoms with Crippen molar-refractivity contribution in [2.45, 2.75) is 26.4 Å². The first-order chi connectivity index (χ1) is 16.2. The van der Waals surface area contributed by atoms with Gasteiger partial charge in [0.25, 0.3) is 5.88 Å². The lowest BCUT2D eigenvalue weighted by Gasteiger charge is -2.21. The molecule has 12 heteroatoms. The molecule has 0 amide bonds. The maximum Gasteiger partial charge on any atom is 0.275 e. The lowest BCUT2D eigenvalue weighted by atomic mass is 10.0. The first-order valence-corrected chi connectivity index (χ1v) is 10.6. The van der Waals surface area contributed by atoms with Crippen LogP contribution in [-0.4, -0.2) is 62.1 Å². The summed E-state index contributed by atoms with van der Waals surface area (Å²) in [4.78, 5) is 0. The summed E-state index contributed by atoms with van der Waals surface area (Å²) < 4.78 is 29.1. The Labute approximate surface area is 188 Å². The Morgan fingerprint density at radius 3 is 2.67 bits per heavy atom.